The highest BCUT2D eigenvalue weighted by Gasteiger charge is 2.34. The minimum absolute atomic E-state index is 0.208. The highest BCUT2D eigenvalue weighted by atomic mass is 16.4. The van der Waals surface area contributed by atoms with Crippen LogP contribution in [-0.4, -0.2) is 25.8 Å². The largest absolute Gasteiger partial charge is 0.480 e. The van der Waals surface area contributed by atoms with Gasteiger partial charge in [-0.15, -0.1) is 10.2 Å². The van der Waals surface area contributed by atoms with E-state index in [1.807, 2.05) is 13.8 Å². The molecular weight excluding hydrogens is 206 g/mol. The van der Waals surface area contributed by atoms with Gasteiger partial charge >= 0.3 is 5.97 Å². The van der Waals surface area contributed by atoms with Gasteiger partial charge in [0.15, 0.2) is 0 Å². The van der Waals surface area contributed by atoms with E-state index in [2.05, 4.69) is 10.2 Å². The van der Waals surface area contributed by atoms with Gasteiger partial charge in [0, 0.05) is 5.92 Å². The van der Waals surface area contributed by atoms with Crippen molar-refractivity contribution >= 4 is 5.97 Å². The van der Waals surface area contributed by atoms with E-state index in [9.17, 15) is 9.90 Å². The van der Waals surface area contributed by atoms with E-state index in [1.54, 1.807) is 25.3 Å². The molecule has 0 saturated heterocycles. The molecule has 1 N–H and O–H groups in total. The second-order valence-electron chi connectivity index (χ2n) is 4.61. The van der Waals surface area contributed by atoms with Crippen LogP contribution < -0.4 is 0 Å². The molecule has 0 amide bonds. The maximum absolute atomic E-state index is 11.3. The van der Waals surface area contributed by atoms with Crippen LogP contribution in [0.25, 0.3) is 0 Å². The summed E-state index contributed by atoms with van der Waals surface area (Å²) in [5.74, 6) is 0.717. The Labute approximate surface area is 95.5 Å². The quantitative estimate of drug-likeness (QED) is 0.850. The Morgan fingerprint density at radius 1 is 1.50 bits per heavy atom. The number of carbonyl (C=O) groups is 1. The number of rotatable bonds is 4. The number of aliphatic carboxylic acids is 1. The zero-order valence-corrected chi connectivity index (χ0v) is 10.5. The predicted octanol–water partition coefficient (Wildman–Crippen LogP) is 1.92. The van der Waals surface area contributed by atoms with Crippen LogP contribution in [0, 0.1) is 6.92 Å². The van der Waals surface area contributed by atoms with E-state index in [1.165, 1.54) is 0 Å². The van der Waals surface area contributed by atoms with Gasteiger partial charge in [-0.05, 0) is 27.2 Å². The molecule has 0 spiro atoms. The lowest BCUT2D eigenvalue weighted by molar-refractivity contribution is -0.145. The molecule has 1 heterocycles. The molecule has 5 heteroatoms. The summed E-state index contributed by atoms with van der Waals surface area (Å²) in [6.45, 7) is 9.18. The molecule has 1 unspecified atom stereocenters. The zero-order chi connectivity index (χ0) is 12.5. The molecular formula is C11H19N3O2. The second-order valence-corrected chi connectivity index (χ2v) is 4.61. The van der Waals surface area contributed by atoms with Crippen molar-refractivity contribution in [2.45, 2.75) is 52.5 Å². The van der Waals surface area contributed by atoms with Gasteiger partial charge in [-0.2, -0.15) is 0 Å². The number of hydrogen-bond acceptors (Lipinski definition) is 3. The average Bonchev–Trinajstić information content (AvgIpc) is 2.59. The van der Waals surface area contributed by atoms with Gasteiger partial charge in [-0.1, -0.05) is 13.8 Å². The summed E-state index contributed by atoms with van der Waals surface area (Å²) in [5, 5.41) is 17.3. The number of aromatic nitrogens is 3. The Bertz CT molecular complexity index is 396. The molecule has 90 valence electrons. The molecule has 1 atom stereocenters. The van der Waals surface area contributed by atoms with Crippen LogP contribution in [0.3, 0.4) is 0 Å². The maximum Gasteiger partial charge on any atom is 0.329 e. The van der Waals surface area contributed by atoms with Crippen molar-refractivity contribution in [3.8, 4) is 0 Å². The molecule has 16 heavy (non-hydrogen) atoms. The lowest BCUT2D eigenvalue weighted by Gasteiger charge is -2.25. The van der Waals surface area contributed by atoms with Crippen LogP contribution >= 0.6 is 0 Å². The van der Waals surface area contributed by atoms with Crippen LogP contribution in [0.15, 0.2) is 0 Å². The molecule has 1 aromatic rings. The fourth-order valence-corrected chi connectivity index (χ4v) is 1.67. The van der Waals surface area contributed by atoms with Crippen molar-refractivity contribution in [2.75, 3.05) is 0 Å². The summed E-state index contributed by atoms with van der Waals surface area (Å²) in [4.78, 5) is 11.3. The van der Waals surface area contributed by atoms with Crippen molar-refractivity contribution in [3.05, 3.63) is 11.6 Å². The molecule has 5 nitrogen and oxygen atoms in total. The van der Waals surface area contributed by atoms with E-state index >= 15 is 0 Å². The van der Waals surface area contributed by atoms with Gasteiger partial charge in [0.1, 0.15) is 17.2 Å². The van der Waals surface area contributed by atoms with Gasteiger partial charge in [0.25, 0.3) is 0 Å². The summed E-state index contributed by atoms with van der Waals surface area (Å²) in [5.41, 5.74) is -1.01. The van der Waals surface area contributed by atoms with Gasteiger partial charge < -0.3 is 5.11 Å². The number of hydrogen-bond donors (Lipinski definition) is 1. The normalized spacial score (nSPS) is 13.8. The Morgan fingerprint density at radius 2 is 2.06 bits per heavy atom. The first-order chi connectivity index (χ1) is 7.32. The van der Waals surface area contributed by atoms with Crippen molar-refractivity contribution in [3.63, 3.8) is 0 Å². The molecule has 0 fully saturated rings. The van der Waals surface area contributed by atoms with Crippen LogP contribution in [0.1, 0.15) is 51.7 Å². The minimum atomic E-state index is -1.01. The van der Waals surface area contributed by atoms with Crippen LogP contribution in [0.5, 0.6) is 0 Å². The number of carboxylic acid groups (broad SMARTS) is 1. The topological polar surface area (TPSA) is 68.0 Å². The Hall–Kier alpha value is -1.39. The summed E-state index contributed by atoms with van der Waals surface area (Å²) in [6, 6.07) is 0. The van der Waals surface area contributed by atoms with Gasteiger partial charge in [-0.3, -0.25) is 4.57 Å². The highest BCUT2D eigenvalue weighted by Crippen LogP contribution is 2.25. The van der Waals surface area contributed by atoms with E-state index in [0.717, 1.165) is 12.2 Å². The molecule has 0 aliphatic rings. The first-order valence-electron chi connectivity index (χ1n) is 5.48. The third kappa shape index (κ3) is 1.94. The fourth-order valence-electron chi connectivity index (χ4n) is 1.67. The number of carboxylic acids is 1. The molecule has 0 saturated carbocycles. The molecule has 0 aliphatic heterocycles. The average molecular weight is 225 g/mol. The summed E-state index contributed by atoms with van der Waals surface area (Å²) in [6.07, 6.45) is 0.911. The smallest absolute Gasteiger partial charge is 0.329 e. The first-order valence-corrected chi connectivity index (χ1v) is 5.48. The molecule has 0 bridgehead atoms. The molecule has 1 aromatic heterocycles. The summed E-state index contributed by atoms with van der Waals surface area (Å²) >= 11 is 0. The number of aryl methyl sites for hydroxylation is 1. The molecule has 1 rings (SSSR count). The summed E-state index contributed by atoms with van der Waals surface area (Å²) in [7, 11) is 0. The van der Waals surface area contributed by atoms with E-state index < -0.39 is 11.5 Å². The van der Waals surface area contributed by atoms with E-state index in [-0.39, 0.29) is 5.92 Å². The highest BCUT2D eigenvalue weighted by molar-refractivity contribution is 5.75. The van der Waals surface area contributed by atoms with Crippen LogP contribution in [0.2, 0.25) is 0 Å². The lowest BCUT2D eigenvalue weighted by Crippen LogP contribution is -2.38. The predicted molar refractivity (Wildman–Crippen MR) is 60.4 cm³/mol. The minimum Gasteiger partial charge on any atom is -0.480 e. The molecule has 0 aliphatic carbocycles. The SMILES string of the molecule is CCC(C)c1nnc(C)n1C(C)(C)C(=O)O. The Balaban J connectivity index is 3.32. The standard InChI is InChI=1S/C11H19N3O2/c1-6-7(2)9-13-12-8(3)14(9)11(4,5)10(15)16/h7H,6H2,1-5H3,(H,15,16). The van der Waals surface area contributed by atoms with Gasteiger partial charge in [0.2, 0.25) is 0 Å². The monoisotopic (exact) mass is 225 g/mol. The van der Waals surface area contributed by atoms with E-state index in [4.69, 9.17) is 0 Å². The molecule has 0 aromatic carbocycles. The lowest BCUT2D eigenvalue weighted by atomic mass is 10.0. The van der Waals surface area contributed by atoms with Crippen molar-refractivity contribution < 1.29 is 9.90 Å². The Kier molecular flexibility index (Phi) is 3.35. The third-order valence-electron chi connectivity index (χ3n) is 2.99. The molecule has 0 radical (unpaired) electrons. The van der Waals surface area contributed by atoms with Crippen molar-refractivity contribution in [2.24, 2.45) is 0 Å². The first kappa shape index (κ1) is 12.7. The zero-order valence-electron chi connectivity index (χ0n) is 10.5. The van der Waals surface area contributed by atoms with Crippen LogP contribution in [0.4, 0.5) is 0 Å². The fraction of sp³-hybridized carbons (Fsp3) is 0.727. The van der Waals surface area contributed by atoms with Crippen molar-refractivity contribution in [1.82, 2.24) is 14.8 Å². The third-order valence-corrected chi connectivity index (χ3v) is 2.99. The number of nitrogens with zero attached hydrogens (tertiary/aromatic N) is 3. The maximum atomic E-state index is 11.3. The summed E-state index contributed by atoms with van der Waals surface area (Å²) < 4.78 is 1.71. The Morgan fingerprint density at radius 3 is 2.50 bits per heavy atom. The van der Waals surface area contributed by atoms with Gasteiger partial charge in [-0.25, -0.2) is 4.79 Å². The van der Waals surface area contributed by atoms with Crippen molar-refractivity contribution in [1.29, 1.82) is 0 Å². The second kappa shape index (κ2) is 4.23. The van der Waals surface area contributed by atoms with Crippen LogP contribution in [-0.2, 0) is 10.3 Å². The van der Waals surface area contributed by atoms with E-state index in [0.29, 0.717) is 5.82 Å². The van der Waals surface area contributed by atoms with Gasteiger partial charge in [0.05, 0.1) is 0 Å².